The van der Waals surface area contributed by atoms with Crippen LogP contribution in [0.15, 0.2) is 42.7 Å². The predicted molar refractivity (Wildman–Crippen MR) is 77.7 cm³/mol. The zero-order valence-corrected chi connectivity index (χ0v) is 11.8. The van der Waals surface area contributed by atoms with Crippen molar-refractivity contribution < 1.29 is 4.74 Å². The Morgan fingerprint density at radius 1 is 1.32 bits per heavy atom. The zero-order valence-electron chi connectivity index (χ0n) is 11.1. The Balaban J connectivity index is 2.15. The molecule has 3 nitrogen and oxygen atoms in total. The summed E-state index contributed by atoms with van der Waals surface area (Å²) in [6.45, 7) is 4.93. The fourth-order valence-corrected chi connectivity index (χ4v) is 1.80. The monoisotopic (exact) mass is 276 g/mol. The van der Waals surface area contributed by atoms with E-state index in [1.165, 1.54) is 0 Å². The highest BCUT2D eigenvalue weighted by Crippen LogP contribution is 2.26. The van der Waals surface area contributed by atoms with Gasteiger partial charge < -0.3 is 10.1 Å². The number of pyridine rings is 1. The van der Waals surface area contributed by atoms with Crippen molar-refractivity contribution in [2.24, 2.45) is 0 Å². The van der Waals surface area contributed by atoms with E-state index in [0.717, 1.165) is 23.6 Å². The second-order valence-corrected chi connectivity index (χ2v) is 5.01. The first-order valence-electron chi connectivity index (χ1n) is 6.25. The summed E-state index contributed by atoms with van der Waals surface area (Å²) in [5.74, 6) is 1.52. The van der Waals surface area contributed by atoms with Gasteiger partial charge in [0, 0.05) is 35.6 Å². The molecule has 0 fully saturated rings. The average molecular weight is 277 g/mol. The van der Waals surface area contributed by atoms with Crippen LogP contribution in [0.2, 0.25) is 5.02 Å². The molecule has 0 unspecified atom stereocenters. The van der Waals surface area contributed by atoms with Crippen molar-refractivity contribution >= 4 is 11.6 Å². The highest BCUT2D eigenvalue weighted by Gasteiger charge is 2.06. The lowest BCUT2D eigenvalue weighted by atomic mass is 10.2. The third-order valence-electron chi connectivity index (χ3n) is 2.58. The minimum absolute atomic E-state index is 0.416. The minimum atomic E-state index is 0.416. The third-order valence-corrected chi connectivity index (χ3v) is 2.82. The maximum atomic E-state index is 5.95. The predicted octanol–water partition coefficient (Wildman–Crippen LogP) is 4.03. The highest BCUT2D eigenvalue weighted by molar-refractivity contribution is 6.30. The first-order valence-corrected chi connectivity index (χ1v) is 6.62. The van der Waals surface area contributed by atoms with Crippen molar-refractivity contribution in [3.8, 4) is 11.5 Å². The van der Waals surface area contributed by atoms with Gasteiger partial charge in [-0.3, -0.25) is 4.98 Å². The second kappa shape index (κ2) is 6.55. The summed E-state index contributed by atoms with van der Waals surface area (Å²) in [4.78, 5) is 4.14. The molecule has 0 amide bonds. The van der Waals surface area contributed by atoms with Gasteiger partial charge in [-0.15, -0.1) is 0 Å². The lowest BCUT2D eigenvalue weighted by molar-refractivity contribution is 0.468. The van der Waals surface area contributed by atoms with Gasteiger partial charge in [0.25, 0.3) is 0 Å². The molecule has 100 valence electrons. The van der Waals surface area contributed by atoms with E-state index >= 15 is 0 Å². The van der Waals surface area contributed by atoms with Gasteiger partial charge >= 0.3 is 0 Å². The summed E-state index contributed by atoms with van der Waals surface area (Å²) in [5.41, 5.74) is 1.02. The van der Waals surface area contributed by atoms with E-state index in [-0.39, 0.29) is 0 Å². The fraction of sp³-hybridized carbons (Fsp3) is 0.267. The van der Waals surface area contributed by atoms with Gasteiger partial charge in [0.05, 0.1) is 0 Å². The van der Waals surface area contributed by atoms with Crippen LogP contribution in [-0.2, 0) is 6.54 Å². The van der Waals surface area contributed by atoms with Crippen molar-refractivity contribution in [1.29, 1.82) is 0 Å². The number of hydrogen-bond acceptors (Lipinski definition) is 3. The number of aromatic nitrogens is 1. The topological polar surface area (TPSA) is 34.2 Å². The van der Waals surface area contributed by atoms with Crippen molar-refractivity contribution in [2.45, 2.75) is 26.4 Å². The summed E-state index contributed by atoms with van der Waals surface area (Å²) in [5, 5.41) is 4.01. The molecule has 1 heterocycles. The average Bonchev–Trinajstić information content (AvgIpc) is 2.38. The summed E-state index contributed by atoms with van der Waals surface area (Å²) >= 11 is 5.95. The lowest BCUT2D eigenvalue weighted by Gasteiger charge is -2.13. The molecule has 1 aromatic carbocycles. The van der Waals surface area contributed by atoms with Crippen molar-refractivity contribution in [2.75, 3.05) is 0 Å². The molecule has 2 aromatic rings. The van der Waals surface area contributed by atoms with E-state index in [4.69, 9.17) is 16.3 Å². The molecular weight excluding hydrogens is 260 g/mol. The van der Waals surface area contributed by atoms with Crippen LogP contribution in [0.25, 0.3) is 0 Å². The van der Waals surface area contributed by atoms with Crippen LogP contribution in [-0.4, -0.2) is 11.0 Å². The standard InChI is InChI=1S/C15H17ClN2O/c1-11(2)18-10-12-9-17-7-6-15(12)19-14-5-3-4-13(16)8-14/h3-9,11,18H,10H2,1-2H3. The van der Waals surface area contributed by atoms with E-state index in [1.807, 2.05) is 30.5 Å². The molecule has 0 atom stereocenters. The van der Waals surface area contributed by atoms with Gasteiger partial charge in [0.2, 0.25) is 0 Å². The molecule has 0 saturated heterocycles. The molecule has 0 aliphatic rings. The van der Waals surface area contributed by atoms with Gasteiger partial charge in [-0.1, -0.05) is 31.5 Å². The number of nitrogens with one attached hydrogen (secondary N) is 1. The highest BCUT2D eigenvalue weighted by atomic mass is 35.5. The molecule has 19 heavy (non-hydrogen) atoms. The van der Waals surface area contributed by atoms with Gasteiger partial charge in [-0.2, -0.15) is 0 Å². The van der Waals surface area contributed by atoms with E-state index < -0.39 is 0 Å². The SMILES string of the molecule is CC(C)NCc1cnccc1Oc1cccc(Cl)c1. The molecule has 0 spiro atoms. The van der Waals surface area contributed by atoms with Crippen LogP contribution in [0.4, 0.5) is 0 Å². The first-order chi connectivity index (χ1) is 9.15. The molecule has 0 radical (unpaired) electrons. The minimum Gasteiger partial charge on any atom is -0.457 e. The molecule has 4 heteroatoms. The Morgan fingerprint density at radius 2 is 2.16 bits per heavy atom. The summed E-state index contributed by atoms with van der Waals surface area (Å²) in [7, 11) is 0. The number of hydrogen-bond donors (Lipinski definition) is 1. The molecule has 1 aromatic heterocycles. The van der Waals surface area contributed by atoms with Crippen molar-refractivity contribution in [3.05, 3.63) is 53.3 Å². The Morgan fingerprint density at radius 3 is 2.89 bits per heavy atom. The van der Waals surface area contributed by atoms with Crippen molar-refractivity contribution in [3.63, 3.8) is 0 Å². The van der Waals surface area contributed by atoms with Crippen LogP contribution in [0.1, 0.15) is 19.4 Å². The molecule has 0 aliphatic heterocycles. The van der Waals surface area contributed by atoms with Gasteiger partial charge in [-0.05, 0) is 24.3 Å². The maximum Gasteiger partial charge on any atom is 0.134 e. The first kappa shape index (κ1) is 13.8. The van der Waals surface area contributed by atoms with Crippen LogP contribution in [0, 0.1) is 0 Å². The van der Waals surface area contributed by atoms with Crippen LogP contribution in [0.5, 0.6) is 11.5 Å². The molecule has 1 N–H and O–H groups in total. The lowest BCUT2D eigenvalue weighted by Crippen LogP contribution is -2.22. The van der Waals surface area contributed by atoms with Crippen LogP contribution in [0.3, 0.4) is 0 Å². The largest absolute Gasteiger partial charge is 0.457 e. The number of halogens is 1. The number of nitrogens with zero attached hydrogens (tertiary/aromatic N) is 1. The molecular formula is C15H17ClN2O. The zero-order chi connectivity index (χ0) is 13.7. The smallest absolute Gasteiger partial charge is 0.134 e. The quantitative estimate of drug-likeness (QED) is 0.895. The molecule has 2 rings (SSSR count). The van der Waals surface area contributed by atoms with E-state index in [2.05, 4.69) is 24.1 Å². The Labute approximate surface area is 118 Å². The second-order valence-electron chi connectivity index (χ2n) is 4.58. The molecule has 0 aliphatic carbocycles. The van der Waals surface area contributed by atoms with E-state index in [1.54, 1.807) is 12.3 Å². The number of rotatable bonds is 5. The van der Waals surface area contributed by atoms with Gasteiger partial charge in [0.15, 0.2) is 0 Å². The van der Waals surface area contributed by atoms with E-state index in [0.29, 0.717) is 11.1 Å². The van der Waals surface area contributed by atoms with Gasteiger partial charge in [0.1, 0.15) is 11.5 Å². The normalized spacial score (nSPS) is 10.7. The Kier molecular flexibility index (Phi) is 4.77. The number of benzene rings is 1. The Hall–Kier alpha value is -1.58. The summed E-state index contributed by atoms with van der Waals surface area (Å²) in [6.07, 6.45) is 3.54. The fourth-order valence-electron chi connectivity index (χ4n) is 1.62. The van der Waals surface area contributed by atoms with Crippen molar-refractivity contribution in [1.82, 2.24) is 10.3 Å². The maximum absolute atomic E-state index is 5.95. The van der Waals surface area contributed by atoms with Crippen LogP contribution >= 0.6 is 11.6 Å². The van der Waals surface area contributed by atoms with E-state index in [9.17, 15) is 0 Å². The third kappa shape index (κ3) is 4.23. The summed E-state index contributed by atoms with van der Waals surface area (Å²) < 4.78 is 5.86. The molecule has 0 bridgehead atoms. The Bertz CT molecular complexity index is 543. The van der Waals surface area contributed by atoms with Gasteiger partial charge in [-0.25, -0.2) is 0 Å². The molecule has 0 saturated carbocycles. The number of ether oxygens (including phenoxy) is 1. The summed E-state index contributed by atoms with van der Waals surface area (Å²) in [6, 6.07) is 9.64. The van der Waals surface area contributed by atoms with Crippen LogP contribution < -0.4 is 10.1 Å².